The first-order valence-corrected chi connectivity index (χ1v) is 6.99. The van der Waals surface area contributed by atoms with Gasteiger partial charge in [0.15, 0.2) is 0 Å². The summed E-state index contributed by atoms with van der Waals surface area (Å²) in [7, 11) is 1.34. The van der Waals surface area contributed by atoms with Crippen molar-refractivity contribution in [3.63, 3.8) is 0 Å². The van der Waals surface area contributed by atoms with Crippen LogP contribution < -0.4 is 0 Å². The third kappa shape index (κ3) is 2.80. The highest BCUT2D eigenvalue weighted by atomic mass is 16.5. The molecule has 0 N–H and O–H groups in total. The molecule has 0 bridgehead atoms. The molecule has 2 aromatic heterocycles. The van der Waals surface area contributed by atoms with Crippen LogP contribution >= 0.6 is 0 Å². The third-order valence-electron chi connectivity index (χ3n) is 3.54. The Hall–Kier alpha value is -2.21. The molecule has 3 rings (SSSR count). The lowest BCUT2D eigenvalue weighted by Gasteiger charge is -2.25. The molecular formula is C15H17N3O3. The molecule has 0 aliphatic carbocycles. The van der Waals surface area contributed by atoms with E-state index in [0.717, 1.165) is 31.6 Å². The first-order chi connectivity index (χ1) is 10.3. The number of hydrogen-bond acceptors (Lipinski definition) is 5. The van der Waals surface area contributed by atoms with E-state index in [9.17, 15) is 4.79 Å². The SMILES string of the molecule is COC(=O)c1cccc(-c2cncn2C2CCCCO2)n1. The van der Waals surface area contributed by atoms with Crippen LogP contribution in [0.1, 0.15) is 36.0 Å². The molecule has 0 radical (unpaired) electrons. The molecule has 21 heavy (non-hydrogen) atoms. The molecule has 6 nitrogen and oxygen atoms in total. The van der Waals surface area contributed by atoms with E-state index < -0.39 is 5.97 Å². The van der Waals surface area contributed by atoms with Crippen molar-refractivity contribution in [2.75, 3.05) is 13.7 Å². The number of carbonyl (C=O) groups is 1. The van der Waals surface area contributed by atoms with Crippen LogP contribution in [-0.2, 0) is 9.47 Å². The Balaban J connectivity index is 1.94. The summed E-state index contributed by atoms with van der Waals surface area (Å²) in [6.07, 6.45) is 6.66. The smallest absolute Gasteiger partial charge is 0.356 e. The van der Waals surface area contributed by atoms with Crippen molar-refractivity contribution in [3.05, 3.63) is 36.4 Å². The zero-order valence-corrected chi connectivity index (χ0v) is 11.9. The molecule has 2 aromatic rings. The van der Waals surface area contributed by atoms with Crippen molar-refractivity contribution in [3.8, 4) is 11.4 Å². The third-order valence-corrected chi connectivity index (χ3v) is 3.54. The predicted octanol–water partition coefficient (Wildman–Crippen LogP) is 2.43. The largest absolute Gasteiger partial charge is 0.464 e. The topological polar surface area (TPSA) is 66.2 Å². The lowest BCUT2D eigenvalue weighted by atomic mass is 10.1. The highest BCUT2D eigenvalue weighted by molar-refractivity contribution is 5.87. The van der Waals surface area contributed by atoms with Gasteiger partial charge in [0.1, 0.15) is 11.9 Å². The maximum atomic E-state index is 11.6. The fraction of sp³-hybridized carbons (Fsp3) is 0.400. The molecule has 1 saturated heterocycles. The Morgan fingerprint density at radius 3 is 3.10 bits per heavy atom. The molecule has 1 fully saturated rings. The summed E-state index contributed by atoms with van der Waals surface area (Å²) in [6.45, 7) is 0.762. The summed E-state index contributed by atoms with van der Waals surface area (Å²) in [5, 5.41) is 0. The zero-order valence-electron chi connectivity index (χ0n) is 11.9. The quantitative estimate of drug-likeness (QED) is 0.811. The minimum Gasteiger partial charge on any atom is -0.464 e. The maximum absolute atomic E-state index is 11.6. The normalized spacial score (nSPS) is 18.4. The van der Waals surface area contributed by atoms with Crippen molar-refractivity contribution < 1.29 is 14.3 Å². The van der Waals surface area contributed by atoms with Gasteiger partial charge in [-0.15, -0.1) is 0 Å². The highest BCUT2D eigenvalue weighted by Gasteiger charge is 2.20. The van der Waals surface area contributed by atoms with Crippen LogP contribution in [0.5, 0.6) is 0 Å². The molecule has 1 atom stereocenters. The molecule has 110 valence electrons. The minimum absolute atomic E-state index is 0.0140. The van der Waals surface area contributed by atoms with Gasteiger partial charge in [-0.2, -0.15) is 0 Å². The Morgan fingerprint density at radius 2 is 2.33 bits per heavy atom. The number of ether oxygens (including phenoxy) is 2. The van der Waals surface area contributed by atoms with E-state index in [1.807, 2.05) is 10.6 Å². The maximum Gasteiger partial charge on any atom is 0.356 e. The van der Waals surface area contributed by atoms with Crippen LogP contribution in [0.4, 0.5) is 0 Å². The van der Waals surface area contributed by atoms with E-state index in [1.54, 1.807) is 24.7 Å². The summed E-state index contributed by atoms with van der Waals surface area (Å²) in [6, 6.07) is 5.27. The van der Waals surface area contributed by atoms with Gasteiger partial charge in [-0.05, 0) is 31.4 Å². The van der Waals surface area contributed by atoms with Crippen molar-refractivity contribution in [1.82, 2.24) is 14.5 Å². The second-order valence-corrected chi connectivity index (χ2v) is 4.91. The first-order valence-electron chi connectivity index (χ1n) is 6.99. The number of pyridine rings is 1. The summed E-state index contributed by atoms with van der Waals surface area (Å²) < 4.78 is 12.5. The van der Waals surface area contributed by atoms with Crippen molar-refractivity contribution >= 4 is 5.97 Å². The number of nitrogens with zero attached hydrogens (tertiary/aromatic N) is 3. The van der Waals surface area contributed by atoms with Gasteiger partial charge in [-0.3, -0.25) is 0 Å². The molecule has 6 heteroatoms. The molecule has 1 unspecified atom stereocenters. The van der Waals surface area contributed by atoms with Gasteiger partial charge in [-0.25, -0.2) is 14.8 Å². The van der Waals surface area contributed by atoms with Gasteiger partial charge in [0.2, 0.25) is 0 Å². The van der Waals surface area contributed by atoms with Gasteiger partial charge in [-0.1, -0.05) is 6.07 Å². The number of rotatable bonds is 3. The molecule has 0 spiro atoms. The molecule has 1 aliphatic rings. The molecular weight excluding hydrogens is 270 g/mol. The Morgan fingerprint density at radius 1 is 1.43 bits per heavy atom. The van der Waals surface area contributed by atoms with Crippen LogP contribution in [0.2, 0.25) is 0 Å². The van der Waals surface area contributed by atoms with Crippen molar-refractivity contribution in [1.29, 1.82) is 0 Å². The van der Waals surface area contributed by atoms with Gasteiger partial charge in [0.25, 0.3) is 0 Å². The van der Waals surface area contributed by atoms with Crippen LogP contribution in [-0.4, -0.2) is 34.2 Å². The fourth-order valence-electron chi connectivity index (χ4n) is 2.47. The summed E-state index contributed by atoms with van der Waals surface area (Å²) in [5.41, 5.74) is 1.81. The van der Waals surface area contributed by atoms with Gasteiger partial charge < -0.3 is 14.0 Å². The van der Waals surface area contributed by atoms with E-state index in [2.05, 4.69) is 9.97 Å². The minimum atomic E-state index is -0.447. The molecule has 0 saturated carbocycles. The highest BCUT2D eigenvalue weighted by Crippen LogP contribution is 2.27. The molecule has 0 aromatic carbocycles. The number of aromatic nitrogens is 3. The first kappa shape index (κ1) is 13.8. The summed E-state index contributed by atoms with van der Waals surface area (Å²) in [5.74, 6) is -0.447. The van der Waals surface area contributed by atoms with E-state index in [4.69, 9.17) is 9.47 Å². The Bertz CT molecular complexity index is 633. The van der Waals surface area contributed by atoms with Crippen LogP contribution in [0.25, 0.3) is 11.4 Å². The van der Waals surface area contributed by atoms with E-state index >= 15 is 0 Å². The Labute approximate surface area is 122 Å². The molecule has 1 aliphatic heterocycles. The second kappa shape index (κ2) is 6.05. The summed E-state index contributed by atoms with van der Waals surface area (Å²) >= 11 is 0. The number of carbonyl (C=O) groups excluding carboxylic acids is 1. The van der Waals surface area contributed by atoms with E-state index in [1.165, 1.54) is 7.11 Å². The monoisotopic (exact) mass is 287 g/mol. The average molecular weight is 287 g/mol. The van der Waals surface area contributed by atoms with Crippen LogP contribution in [0, 0.1) is 0 Å². The van der Waals surface area contributed by atoms with E-state index in [0.29, 0.717) is 5.69 Å². The molecule has 0 amide bonds. The van der Waals surface area contributed by atoms with Crippen molar-refractivity contribution in [2.45, 2.75) is 25.5 Å². The van der Waals surface area contributed by atoms with Gasteiger partial charge >= 0.3 is 5.97 Å². The predicted molar refractivity (Wildman–Crippen MR) is 75.6 cm³/mol. The lowest BCUT2D eigenvalue weighted by molar-refractivity contribution is -0.0310. The summed E-state index contributed by atoms with van der Waals surface area (Å²) in [4.78, 5) is 20.1. The zero-order chi connectivity index (χ0) is 14.7. The van der Waals surface area contributed by atoms with Crippen LogP contribution in [0.3, 0.4) is 0 Å². The van der Waals surface area contributed by atoms with Crippen LogP contribution in [0.15, 0.2) is 30.7 Å². The lowest BCUT2D eigenvalue weighted by Crippen LogP contribution is -2.18. The average Bonchev–Trinajstić information content (AvgIpc) is 3.04. The van der Waals surface area contributed by atoms with E-state index in [-0.39, 0.29) is 11.9 Å². The van der Waals surface area contributed by atoms with Crippen molar-refractivity contribution in [2.24, 2.45) is 0 Å². The standard InChI is InChI=1S/C15H17N3O3/c1-20-15(19)12-6-4-5-11(17-12)13-9-16-10-18(13)14-7-2-3-8-21-14/h4-6,9-10,14H,2-3,7-8H2,1H3. The Kier molecular flexibility index (Phi) is 3.96. The molecule has 3 heterocycles. The number of imidazole rings is 1. The fourth-order valence-corrected chi connectivity index (χ4v) is 2.47. The number of hydrogen-bond donors (Lipinski definition) is 0. The second-order valence-electron chi connectivity index (χ2n) is 4.91. The number of methoxy groups -OCH3 is 1. The van der Waals surface area contributed by atoms with Gasteiger partial charge in [0.05, 0.1) is 31.0 Å². The van der Waals surface area contributed by atoms with Gasteiger partial charge in [0, 0.05) is 6.61 Å². The number of esters is 1.